The fourth-order valence-corrected chi connectivity index (χ4v) is 1.52. The van der Waals surface area contributed by atoms with Crippen molar-refractivity contribution in [2.45, 2.75) is 58.8 Å². The third kappa shape index (κ3) is 12.8. The Bertz CT molecular complexity index is 259. The monoisotopic (exact) mass is 234 g/mol. The van der Waals surface area contributed by atoms with Crippen molar-refractivity contribution >= 4 is 6.29 Å². The maximum Gasteiger partial charge on any atom is 0.119 e. The fraction of sp³-hybridized carbons (Fsp3) is 0.562. The van der Waals surface area contributed by atoms with Crippen LogP contribution >= 0.6 is 0 Å². The van der Waals surface area contributed by atoms with Crippen molar-refractivity contribution in [1.29, 1.82) is 0 Å². The van der Waals surface area contributed by atoms with Crippen LogP contribution in [0.1, 0.15) is 58.8 Å². The molecule has 0 fully saturated rings. The van der Waals surface area contributed by atoms with Crippen LogP contribution in [0.25, 0.3) is 0 Å². The van der Waals surface area contributed by atoms with Crippen molar-refractivity contribution in [3.05, 3.63) is 36.0 Å². The molecule has 0 radical (unpaired) electrons. The topological polar surface area (TPSA) is 17.1 Å². The van der Waals surface area contributed by atoms with Gasteiger partial charge in [0.2, 0.25) is 0 Å². The van der Waals surface area contributed by atoms with E-state index in [4.69, 9.17) is 0 Å². The molecule has 0 unspecified atom stereocenters. The molecule has 0 atom stereocenters. The number of hydrogen-bond donors (Lipinski definition) is 0. The van der Waals surface area contributed by atoms with Crippen LogP contribution in [0.15, 0.2) is 36.0 Å². The number of rotatable bonds is 10. The number of carbonyl (C=O) groups is 1. The first-order valence-electron chi connectivity index (χ1n) is 6.72. The molecule has 0 aromatic rings. The van der Waals surface area contributed by atoms with Crippen LogP contribution in [0.3, 0.4) is 0 Å². The van der Waals surface area contributed by atoms with Crippen LogP contribution in [0.4, 0.5) is 0 Å². The van der Waals surface area contributed by atoms with Gasteiger partial charge in [0.05, 0.1) is 0 Å². The molecule has 0 aliphatic heterocycles. The molecule has 0 saturated heterocycles. The van der Waals surface area contributed by atoms with Crippen molar-refractivity contribution in [3.8, 4) is 0 Å². The summed E-state index contributed by atoms with van der Waals surface area (Å²) in [7, 11) is 0. The van der Waals surface area contributed by atoms with Gasteiger partial charge >= 0.3 is 0 Å². The highest BCUT2D eigenvalue weighted by atomic mass is 16.1. The number of unbranched alkanes of at least 4 members (excludes halogenated alkanes) is 3. The quantitative estimate of drug-likeness (QED) is 0.225. The van der Waals surface area contributed by atoms with Crippen LogP contribution in [-0.4, -0.2) is 6.29 Å². The van der Waals surface area contributed by atoms with Gasteiger partial charge in [0, 0.05) is 6.42 Å². The van der Waals surface area contributed by atoms with Gasteiger partial charge in [0.1, 0.15) is 6.29 Å². The van der Waals surface area contributed by atoms with Crippen molar-refractivity contribution in [3.63, 3.8) is 0 Å². The van der Waals surface area contributed by atoms with Gasteiger partial charge < -0.3 is 4.79 Å². The van der Waals surface area contributed by atoms with Crippen LogP contribution in [-0.2, 0) is 4.79 Å². The lowest BCUT2D eigenvalue weighted by Gasteiger charge is -1.97. The molecule has 0 aliphatic carbocycles. The van der Waals surface area contributed by atoms with E-state index in [0.717, 1.165) is 44.8 Å². The van der Waals surface area contributed by atoms with Crippen LogP contribution < -0.4 is 0 Å². The lowest BCUT2D eigenvalue weighted by atomic mass is 10.1. The number of hydrogen-bond acceptors (Lipinski definition) is 1. The Hall–Kier alpha value is -1.11. The Morgan fingerprint density at radius 3 is 2.47 bits per heavy atom. The van der Waals surface area contributed by atoms with Gasteiger partial charge in [0.25, 0.3) is 0 Å². The minimum absolute atomic E-state index is 0.701. The number of allylic oxidation sites excluding steroid dienone is 6. The smallest absolute Gasteiger partial charge is 0.119 e. The second-order valence-electron chi connectivity index (χ2n) is 4.31. The normalized spacial score (nSPS) is 12.7. The average Bonchev–Trinajstić information content (AvgIpc) is 2.33. The van der Waals surface area contributed by atoms with E-state index >= 15 is 0 Å². The van der Waals surface area contributed by atoms with Crippen molar-refractivity contribution in [2.24, 2.45) is 0 Å². The van der Waals surface area contributed by atoms with E-state index in [1.807, 2.05) is 0 Å². The molecule has 0 aromatic carbocycles. The lowest BCUT2D eigenvalue weighted by molar-refractivity contribution is -0.107. The SMILES string of the molecule is CC/C=C/CC/C=C/C=C(\C)CCCCC=O. The van der Waals surface area contributed by atoms with E-state index in [-0.39, 0.29) is 0 Å². The zero-order chi connectivity index (χ0) is 12.8. The first-order valence-corrected chi connectivity index (χ1v) is 6.72. The second-order valence-corrected chi connectivity index (χ2v) is 4.31. The van der Waals surface area contributed by atoms with E-state index in [1.54, 1.807) is 0 Å². The third-order valence-corrected chi connectivity index (χ3v) is 2.56. The standard InChI is InChI=1S/C16H26O/c1-3-4-5-6-7-8-10-13-16(2)14-11-9-12-15-17/h4-5,8,10,13,15H,3,6-7,9,11-12,14H2,1-2H3/b5-4+,10-8+,16-13+. The Morgan fingerprint density at radius 2 is 1.76 bits per heavy atom. The van der Waals surface area contributed by atoms with E-state index in [9.17, 15) is 4.79 Å². The predicted octanol–water partition coefficient (Wildman–Crippen LogP) is 4.99. The molecule has 1 heteroatoms. The number of carbonyl (C=O) groups excluding carboxylic acids is 1. The third-order valence-electron chi connectivity index (χ3n) is 2.56. The summed E-state index contributed by atoms with van der Waals surface area (Å²) in [6.07, 6.45) is 19.3. The van der Waals surface area contributed by atoms with Gasteiger partial charge in [0.15, 0.2) is 0 Å². The Balaban J connectivity index is 3.56. The molecule has 0 N–H and O–H groups in total. The fourth-order valence-electron chi connectivity index (χ4n) is 1.52. The molecule has 96 valence electrons. The minimum atomic E-state index is 0.701. The summed E-state index contributed by atoms with van der Waals surface area (Å²) in [5.41, 5.74) is 1.40. The van der Waals surface area contributed by atoms with Gasteiger partial charge in [-0.05, 0) is 45.4 Å². The summed E-state index contributed by atoms with van der Waals surface area (Å²) < 4.78 is 0. The highest BCUT2D eigenvalue weighted by molar-refractivity contribution is 5.48. The van der Waals surface area contributed by atoms with Gasteiger partial charge in [-0.1, -0.05) is 42.9 Å². The van der Waals surface area contributed by atoms with E-state index < -0.39 is 0 Å². The first kappa shape index (κ1) is 15.9. The highest BCUT2D eigenvalue weighted by Crippen LogP contribution is 2.07. The van der Waals surface area contributed by atoms with Crippen molar-refractivity contribution in [1.82, 2.24) is 0 Å². The zero-order valence-corrected chi connectivity index (χ0v) is 11.3. The molecule has 1 nitrogen and oxygen atoms in total. The van der Waals surface area contributed by atoms with E-state index in [0.29, 0.717) is 6.42 Å². The molecule has 0 aliphatic rings. The zero-order valence-electron chi connectivity index (χ0n) is 11.3. The van der Waals surface area contributed by atoms with Crippen LogP contribution in [0.2, 0.25) is 0 Å². The Morgan fingerprint density at radius 1 is 1.00 bits per heavy atom. The summed E-state index contributed by atoms with van der Waals surface area (Å²) in [6.45, 7) is 4.31. The van der Waals surface area contributed by atoms with Gasteiger partial charge in [-0.15, -0.1) is 0 Å². The number of aldehydes is 1. The summed E-state index contributed by atoms with van der Waals surface area (Å²) >= 11 is 0. The second kappa shape index (κ2) is 13.0. The van der Waals surface area contributed by atoms with Gasteiger partial charge in [-0.3, -0.25) is 0 Å². The van der Waals surface area contributed by atoms with Crippen molar-refractivity contribution in [2.75, 3.05) is 0 Å². The molecule has 0 rings (SSSR count). The molecule has 0 amide bonds. The largest absolute Gasteiger partial charge is 0.303 e. The first-order chi connectivity index (χ1) is 8.31. The molecular formula is C16H26O. The van der Waals surface area contributed by atoms with Gasteiger partial charge in [-0.25, -0.2) is 0 Å². The maximum atomic E-state index is 10.1. The van der Waals surface area contributed by atoms with Crippen LogP contribution in [0, 0.1) is 0 Å². The van der Waals surface area contributed by atoms with Gasteiger partial charge in [-0.2, -0.15) is 0 Å². The van der Waals surface area contributed by atoms with Crippen LogP contribution in [0.5, 0.6) is 0 Å². The minimum Gasteiger partial charge on any atom is -0.303 e. The summed E-state index contributed by atoms with van der Waals surface area (Å²) in [6, 6.07) is 0. The molecular weight excluding hydrogens is 208 g/mol. The van der Waals surface area contributed by atoms with E-state index in [1.165, 1.54) is 5.57 Å². The molecule has 0 spiro atoms. The Kier molecular flexibility index (Phi) is 12.1. The molecule has 0 saturated carbocycles. The summed E-state index contributed by atoms with van der Waals surface area (Å²) in [4.78, 5) is 10.1. The predicted molar refractivity (Wildman–Crippen MR) is 76.1 cm³/mol. The maximum absolute atomic E-state index is 10.1. The summed E-state index contributed by atoms with van der Waals surface area (Å²) in [5, 5.41) is 0. The highest BCUT2D eigenvalue weighted by Gasteiger charge is 1.89. The molecule has 0 heterocycles. The van der Waals surface area contributed by atoms with Crippen molar-refractivity contribution < 1.29 is 4.79 Å². The molecule has 0 aromatic heterocycles. The lowest BCUT2D eigenvalue weighted by Crippen LogP contribution is -1.80. The van der Waals surface area contributed by atoms with E-state index in [2.05, 4.69) is 44.2 Å². The Labute approximate surface area is 106 Å². The molecule has 0 bridgehead atoms. The summed E-state index contributed by atoms with van der Waals surface area (Å²) in [5.74, 6) is 0. The average molecular weight is 234 g/mol. The molecule has 17 heavy (non-hydrogen) atoms.